The Hall–Kier alpha value is -2.11. The van der Waals surface area contributed by atoms with E-state index in [-0.39, 0.29) is 5.82 Å². The van der Waals surface area contributed by atoms with E-state index in [9.17, 15) is 4.39 Å². The number of hydrogen-bond donors (Lipinski definition) is 0. The molecule has 0 unspecified atom stereocenters. The average Bonchev–Trinajstić information content (AvgIpc) is 2.69. The summed E-state index contributed by atoms with van der Waals surface area (Å²) in [5.74, 6) is 1.30. The van der Waals surface area contributed by atoms with E-state index >= 15 is 0 Å². The Morgan fingerprint density at radius 2 is 1.74 bits per heavy atom. The second-order valence-corrected chi connectivity index (χ2v) is 7.11. The van der Waals surface area contributed by atoms with Gasteiger partial charge in [0.1, 0.15) is 12.4 Å². The summed E-state index contributed by atoms with van der Waals surface area (Å²) < 4.78 is 24.7. The number of piperazine rings is 1. The van der Waals surface area contributed by atoms with Crippen LogP contribution < -0.4 is 9.47 Å². The molecule has 4 nitrogen and oxygen atoms in total. The van der Waals surface area contributed by atoms with Gasteiger partial charge in [0.05, 0.1) is 7.11 Å². The molecule has 0 aromatic heterocycles. The number of ether oxygens (including phenoxy) is 2. The molecule has 5 heteroatoms. The Kier molecular flexibility index (Phi) is 7.07. The lowest BCUT2D eigenvalue weighted by Crippen LogP contribution is -2.44. The van der Waals surface area contributed by atoms with Crippen molar-refractivity contribution >= 4 is 0 Å². The molecule has 1 aliphatic rings. The number of rotatable bonds is 8. The first-order valence-electron chi connectivity index (χ1n) is 9.59. The number of para-hydroxylation sites is 1. The molecule has 0 N–H and O–H groups in total. The fourth-order valence-corrected chi connectivity index (χ4v) is 3.38. The van der Waals surface area contributed by atoms with Crippen molar-refractivity contribution in [3.8, 4) is 11.5 Å². The Labute approximate surface area is 161 Å². The second-order valence-electron chi connectivity index (χ2n) is 7.11. The molecule has 1 aliphatic heterocycles. The third-order valence-corrected chi connectivity index (χ3v) is 5.09. The van der Waals surface area contributed by atoms with Crippen molar-refractivity contribution in [2.45, 2.75) is 19.4 Å². The smallest absolute Gasteiger partial charge is 0.164 e. The molecule has 2 aromatic carbocycles. The highest BCUT2D eigenvalue weighted by molar-refractivity contribution is 5.46. The molecular formula is C22H29FN2O2. The lowest BCUT2D eigenvalue weighted by molar-refractivity contribution is 0.153. The summed E-state index contributed by atoms with van der Waals surface area (Å²) in [6, 6.07) is 12.4. The topological polar surface area (TPSA) is 24.9 Å². The van der Waals surface area contributed by atoms with Crippen LogP contribution in [0.2, 0.25) is 0 Å². The van der Waals surface area contributed by atoms with Crippen molar-refractivity contribution in [1.29, 1.82) is 0 Å². The van der Waals surface area contributed by atoms with Crippen LogP contribution in [-0.4, -0.2) is 56.7 Å². The minimum absolute atomic E-state index is 0.236. The molecule has 1 heterocycles. The fourth-order valence-electron chi connectivity index (χ4n) is 3.38. The van der Waals surface area contributed by atoms with Gasteiger partial charge in [0.2, 0.25) is 0 Å². The predicted octanol–water partition coefficient (Wildman–Crippen LogP) is 3.59. The third kappa shape index (κ3) is 5.68. The zero-order valence-corrected chi connectivity index (χ0v) is 16.3. The van der Waals surface area contributed by atoms with E-state index in [2.05, 4.69) is 22.9 Å². The maximum absolute atomic E-state index is 13.1. The zero-order valence-electron chi connectivity index (χ0n) is 16.3. The molecule has 2 aromatic rings. The van der Waals surface area contributed by atoms with Gasteiger partial charge in [-0.25, -0.2) is 4.39 Å². The van der Waals surface area contributed by atoms with E-state index in [0.29, 0.717) is 6.61 Å². The summed E-state index contributed by atoms with van der Waals surface area (Å²) in [6.07, 6.45) is 2.03. The Morgan fingerprint density at radius 3 is 2.44 bits per heavy atom. The zero-order chi connectivity index (χ0) is 19.1. The van der Waals surface area contributed by atoms with Crippen LogP contribution in [0.1, 0.15) is 17.5 Å². The number of hydrogen-bond acceptors (Lipinski definition) is 4. The van der Waals surface area contributed by atoms with E-state index in [1.807, 2.05) is 12.1 Å². The standard InChI is InChI=1S/C22H29FN2O2/c1-24-13-15-25(16-14-24)12-4-6-19-5-3-7-21(26-2)22(19)27-17-18-8-10-20(23)11-9-18/h3,5,7-11H,4,6,12-17H2,1-2H3. The summed E-state index contributed by atoms with van der Waals surface area (Å²) in [5.41, 5.74) is 2.09. The number of methoxy groups -OCH3 is 1. The minimum atomic E-state index is -0.236. The molecule has 1 saturated heterocycles. The van der Waals surface area contributed by atoms with Gasteiger partial charge in [-0.05, 0) is 55.8 Å². The quantitative estimate of drug-likeness (QED) is 0.707. The first-order chi connectivity index (χ1) is 13.2. The number of nitrogens with zero attached hydrogens (tertiary/aromatic N) is 2. The monoisotopic (exact) mass is 372 g/mol. The molecule has 1 fully saturated rings. The van der Waals surface area contributed by atoms with Crippen LogP contribution >= 0.6 is 0 Å². The molecule has 0 spiro atoms. The first-order valence-corrected chi connectivity index (χ1v) is 9.59. The van der Waals surface area contributed by atoms with Crippen LogP contribution in [0, 0.1) is 5.82 Å². The summed E-state index contributed by atoms with van der Waals surface area (Å²) in [6.45, 7) is 6.07. The number of halogens is 1. The normalized spacial score (nSPS) is 15.7. The van der Waals surface area contributed by atoms with E-state index in [0.717, 1.165) is 68.2 Å². The highest BCUT2D eigenvalue weighted by Crippen LogP contribution is 2.32. The number of likely N-dealkylation sites (N-methyl/N-ethyl adjacent to an activating group) is 1. The van der Waals surface area contributed by atoms with Gasteiger partial charge in [0, 0.05) is 26.2 Å². The molecule has 0 aliphatic carbocycles. The highest BCUT2D eigenvalue weighted by atomic mass is 19.1. The molecule has 0 radical (unpaired) electrons. The van der Waals surface area contributed by atoms with Crippen LogP contribution in [0.3, 0.4) is 0 Å². The van der Waals surface area contributed by atoms with Gasteiger partial charge in [0.15, 0.2) is 11.5 Å². The van der Waals surface area contributed by atoms with Crippen LogP contribution in [0.15, 0.2) is 42.5 Å². The lowest BCUT2D eigenvalue weighted by Gasteiger charge is -2.32. The van der Waals surface area contributed by atoms with Gasteiger partial charge in [-0.3, -0.25) is 0 Å². The summed E-state index contributed by atoms with van der Waals surface area (Å²) in [7, 11) is 3.84. The second kappa shape index (κ2) is 9.72. The minimum Gasteiger partial charge on any atom is -0.493 e. The van der Waals surface area contributed by atoms with Gasteiger partial charge in [-0.15, -0.1) is 0 Å². The van der Waals surface area contributed by atoms with Crippen LogP contribution in [0.5, 0.6) is 11.5 Å². The lowest BCUT2D eigenvalue weighted by atomic mass is 10.1. The van der Waals surface area contributed by atoms with Crippen molar-refractivity contribution in [3.63, 3.8) is 0 Å². The van der Waals surface area contributed by atoms with Crippen molar-refractivity contribution < 1.29 is 13.9 Å². The average molecular weight is 372 g/mol. The van der Waals surface area contributed by atoms with Crippen LogP contribution in [0.25, 0.3) is 0 Å². The number of aryl methyl sites for hydroxylation is 1. The SMILES string of the molecule is COc1cccc(CCCN2CCN(C)CC2)c1OCc1ccc(F)cc1. The van der Waals surface area contributed by atoms with Crippen molar-refractivity contribution in [3.05, 3.63) is 59.4 Å². The van der Waals surface area contributed by atoms with Crippen molar-refractivity contribution in [1.82, 2.24) is 9.80 Å². The maximum atomic E-state index is 13.1. The Bertz CT molecular complexity index is 713. The molecule has 0 saturated carbocycles. The van der Waals surface area contributed by atoms with E-state index < -0.39 is 0 Å². The molecule has 0 bridgehead atoms. The molecule has 0 atom stereocenters. The van der Waals surface area contributed by atoms with Gasteiger partial charge < -0.3 is 19.3 Å². The maximum Gasteiger partial charge on any atom is 0.164 e. The molecular weight excluding hydrogens is 343 g/mol. The fraction of sp³-hybridized carbons (Fsp3) is 0.455. The van der Waals surface area contributed by atoms with Crippen molar-refractivity contribution in [2.24, 2.45) is 0 Å². The van der Waals surface area contributed by atoms with Crippen molar-refractivity contribution in [2.75, 3.05) is 46.9 Å². The third-order valence-electron chi connectivity index (χ3n) is 5.09. The Balaban J connectivity index is 1.59. The van der Waals surface area contributed by atoms with Gasteiger partial charge in [-0.2, -0.15) is 0 Å². The highest BCUT2D eigenvalue weighted by Gasteiger charge is 2.15. The van der Waals surface area contributed by atoms with E-state index in [4.69, 9.17) is 9.47 Å². The Morgan fingerprint density at radius 1 is 1.00 bits per heavy atom. The van der Waals surface area contributed by atoms with Crippen LogP contribution in [-0.2, 0) is 13.0 Å². The van der Waals surface area contributed by atoms with E-state index in [1.54, 1.807) is 19.2 Å². The van der Waals surface area contributed by atoms with Gasteiger partial charge in [0.25, 0.3) is 0 Å². The summed E-state index contributed by atoms with van der Waals surface area (Å²) >= 11 is 0. The van der Waals surface area contributed by atoms with Gasteiger partial charge in [-0.1, -0.05) is 24.3 Å². The largest absolute Gasteiger partial charge is 0.493 e. The molecule has 3 rings (SSSR count). The summed E-state index contributed by atoms with van der Waals surface area (Å²) in [5, 5.41) is 0. The molecule has 0 amide bonds. The number of benzene rings is 2. The molecule has 146 valence electrons. The van der Waals surface area contributed by atoms with E-state index in [1.165, 1.54) is 12.1 Å². The summed E-state index contributed by atoms with van der Waals surface area (Å²) in [4.78, 5) is 4.90. The van der Waals surface area contributed by atoms with Crippen LogP contribution in [0.4, 0.5) is 4.39 Å². The molecule has 27 heavy (non-hydrogen) atoms. The predicted molar refractivity (Wildman–Crippen MR) is 106 cm³/mol. The first kappa shape index (κ1) is 19.6. The van der Waals surface area contributed by atoms with Gasteiger partial charge >= 0.3 is 0 Å².